The number of pyridine rings is 1. The second-order valence-electron chi connectivity index (χ2n) is 7.07. The molecule has 4 rings (SSSR count). The molecule has 3 aromatic rings. The average molecular weight is 388 g/mol. The molecule has 7 heteroatoms. The van der Waals surface area contributed by atoms with Crippen LogP contribution in [0.25, 0.3) is 16.5 Å². The smallest absolute Gasteiger partial charge is 0.140 e. The van der Waals surface area contributed by atoms with Crippen LogP contribution in [0.15, 0.2) is 47.5 Å². The number of nitrogens with zero attached hydrogens (tertiary/aromatic N) is 5. The first-order valence-electron chi connectivity index (χ1n) is 9.51. The zero-order chi connectivity index (χ0) is 20.4. The third-order valence-corrected chi connectivity index (χ3v) is 5.15. The monoisotopic (exact) mass is 388 g/mol. The number of hydrogen-bond donors (Lipinski definition) is 1. The number of nitrogens with two attached hydrogens (primary N) is 1. The normalized spacial score (nSPS) is 14.8. The number of rotatable bonds is 4. The minimum atomic E-state index is 0.721. The standard InChI is InChI=1S/C22H24N6O/c1-14(23)19(11-24-2)15-8-16-12-28(7-6-20(16)25-10-15)22-18-9-17(29-3)4-5-21(18)26-13-27-22/h4-5,8-11,13H,6-7,12,23H2,1-3H3/b19-14+,24-11?. The van der Waals surface area contributed by atoms with E-state index in [1.54, 1.807) is 26.7 Å². The lowest BCUT2D eigenvalue weighted by atomic mass is 9.99. The molecule has 0 spiro atoms. The summed E-state index contributed by atoms with van der Waals surface area (Å²) in [6.07, 6.45) is 6.13. The molecule has 3 heterocycles. The maximum atomic E-state index is 6.06. The second kappa shape index (κ2) is 7.87. The van der Waals surface area contributed by atoms with E-state index in [0.29, 0.717) is 0 Å². The lowest BCUT2D eigenvalue weighted by Gasteiger charge is -2.30. The van der Waals surface area contributed by atoms with E-state index in [1.165, 1.54) is 5.56 Å². The number of benzene rings is 1. The van der Waals surface area contributed by atoms with Crippen molar-refractivity contribution in [2.24, 2.45) is 10.7 Å². The molecule has 0 bridgehead atoms. The van der Waals surface area contributed by atoms with Crippen molar-refractivity contribution in [2.75, 3.05) is 25.6 Å². The Labute approximate surface area is 170 Å². The van der Waals surface area contributed by atoms with Crippen LogP contribution in [0.2, 0.25) is 0 Å². The van der Waals surface area contributed by atoms with Gasteiger partial charge < -0.3 is 15.4 Å². The lowest BCUT2D eigenvalue weighted by Crippen LogP contribution is -2.32. The number of aromatic nitrogens is 3. The number of aliphatic imine (C=N–C) groups is 1. The maximum Gasteiger partial charge on any atom is 0.140 e. The molecule has 29 heavy (non-hydrogen) atoms. The van der Waals surface area contributed by atoms with E-state index < -0.39 is 0 Å². The number of hydrogen-bond acceptors (Lipinski definition) is 7. The second-order valence-corrected chi connectivity index (χ2v) is 7.07. The zero-order valence-corrected chi connectivity index (χ0v) is 16.9. The molecule has 1 aliphatic rings. The molecule has 0 aliphatic carbocycles. The molecule has 1 aromatic carbocycles. The maximum absolute atomic E-state index is 6.06. The number of ether oxygens (including phenoxy) is 1. The molecule has 0 atom stereocenters. The van der Waals surface area contributed by atoms with Gasteiger partial charge in [0.25, 0.3) is 0 Å². The van der Waals surface area contributed by atoms with Gasteiger partial charge in [-0.15, -0.1) is 0 Å². The van der Waals surface area contributed by atoms with E-state index in [2.05, 4.69) is 25.9 Å². The predicted octanol–water partition coefficient (Wildman–Crippen LogP) is 2.99. The predicted molar refractivity (Wildman–Crippen MR) is 116 cm³/mol. The van der Waals surface area contributed by atoms with Gasteiger partial charge in [0, 0.05) is 66.9 Å². The molecule has 0 radical (unpaired) electrons. The Bertz CT molecular complexity index is 1120. The quantitative estimate of drug-likeness (QED) is 0.691. The number of fused-ring (bicyclic) bond motifs is 2. The van der Waals surface area contributed by atoms with Gasteiger partial charge in [-0.05, 0) is 36.8 Å². The van der Waals surface area contributed by atoms with Crippen LogP contribution in [0, 0.1) is 0 Å². The van der Waals surface area contributed by atoms with Crippen molar-refractivity contribution in [3.8, 4) is 5.75 Å². The summed E-state index contributed by atoms with van der Waals surface area (Å²) in [5.41, 5.74) is 11.8. The van der Waals surface area contributed by atoms with Crippen molar-refractivity contribution in [2.45, 2.75) is 19.9 Å². The Morgan fingerprint density at radius 2 is 2.10 bits per heavy atom. The van der Waals surface area contributed by atoms with Gasteiger partial charge in [0.2, 0.25) is 0 Å². The Balaban J connectivity index is 1.73. The van der Waals surface area contributed by atoms with Gasteiger partial charge in [-0.25, -0.2) is 9.97 Å². The summed E-state index contributed by atoms with van der Waals surface area (Å²) in [5.74, 6) is 1.70. The molecule has 1 aliphatic heterocycles. The van der Waals surface area contributed by atoms with Gasteiger partial charge in [-0.2, -0.15) is 0 Å². The average Bonchev–Trinajstić information content (AvgIpc) is 2.75. The van der Waals surface area contributed by atoms with Crippen molar-refractivity contribution >= 4 is 28.5 Å². The summed E-state index contributed by atoms with van der Waals surface area (Å²) in [6.45, 7) is 3.44. The minimum absolute atomic E-state index is 0.721. The van der Waals surface area contributed by atoms with E-state index in [1.807, 2.05) is 31.3 Å². The Kier molecular flexibility index (Phi) is 5.12. The Morgan fingerprint density at radius 1 is 1.24 bits per heavy atom. The summed E-state index contributed by atoms with van der Waals surface area (Å²) in [6, 6.07) is 8.03. The number of allylic oxidation sites excluding steroid dienone is 2. The highest BCUT2D eigenvalue weighted by atomic mass is 16.5. The molecule has 148 valence electrons. The minimum Gasteiger partial charge on any atom is -0.497 e. The summed E-state index contributed by atoms with van der Waals surface area (Å²) in [5, 5.41) is 0.982. The van der Waals surface area contributed by atoms with Crippen LogP contribution >= 0.6 is 0 Å². The number of anilines is 1. The third kappa shape index (κ3) is 3.63. The lowest BCUT2D eigenvalue weighted by molar-refractivity contribution is 0.415. The Hall–Kier alpha value is -3.48. The van der Waals surface area contributed by atoms with E-state index in [4.69, 9.17) is 15.5 Å². The molecule has 2 N–H and O–H groups in total. The molecule has 0 amide bonds. The summed E-state index contributed by atoms with van der Waals surface area (Å²) in [7, 11) is 3.41. The van der Waals surface area contributed by atoms with Crippen LogP contribution in [0.5, 0.6) is 5.75 Å². The van der Waals surface area contributed by atoms with Crippen molar-refractivity contribution in [3.63, 3.8) is 0 Å². The van der Waals surface area contributed by atoms with E-state index in [9.17, 15) is 0 Å². The van der Waals surface area contributed by atoms with Crippen LogP contribution in [0.1, 0.15) is 23.7 Å². The number of methoxy groups -OCH3 is 1. The van der Waals surface area contributed by atoms with Gasteiger partial charge in [0.15, 0.2) is 0 Å². The topological polar surface area (TPSA) is 89.5 Å². The highest BCUT2D eigenvalue weighted by Crippen LogP contribution is 2.30. The highest BCUT2D eigenvalue weighted by Gasteiger charge is 2.21. The molecular weight excluding hydrogens is 364 g/mol. The van der Waals surface area contributed by atoms with Crippen molar-refractivity contribution in [1.29, 1.82) is 0 Å². The van der Waals surface area contributed by atoms with Crippen molar-refractivity contribution in [3.05, 3.63) is 59.3 Å². The van der Waals surface area contributed by atoms with Crippen molar-refractivity contribution < 1.29 is 4.74 Å². The Morgan fingerprint density at radius 3 is 2.86 bits per heavy atom. The van der Waals surface area contributed by atoms with Gasteiger partial charge in [-0.1, -0.05) is 0 Å². The molecule has 0 unspecified atom stereocenters. The molecule has 0 saturated heterocycles. The van der Waals surface area contributed by atoms with Crippen LogP contribution < -0.4 is 15.4 Å². The SMILES string of the molecule is CN=C/C(=C(/C)N)c1cnc2c(c1)CN(c1ncnc3ccc(OC)cc13)CC2. The third-order valence-electron chi connectivity index (χ3n) is 5.15. The van der Waals surface area contributed by atoms with E-state index >= 15 is 0 Å². The van der Waals surface area contributed by atoms with E-state index in [0.717, 1.165) is 64.5 Å². The van der Waals surface area contributed by atoms with Crippen LogP contribution in [-0.2, 0) is 13.0 Å². The van der Waals surface area contributed by atoms with Gasteiger partial charge >= 0.3 is 0 Å². The fourth-order valence-corrected chi connectivity index (χ4v) is 3.69. The molecular formula is C22H24N6O. The van der Waals surface area contributed by atoms with E-state index in [-0.39, 0.29) is 0 Å². The van der Waals surface area contributed by atoms with Crippen molar-refractivity contribution in [1.82, 2.24) is 15.0 Å². The first kappa shape index (κ1) is 18.9. The molecule has 2 aromatic heterocycles. The van der Waals surface area contributed by atoms with Crippen LogP contribution in [0.3, 0.4) is 0 Å². The largest absolute Gasteiger partial charge is 0.497 e. The van der Waals surface area contributed by atoms with Gasteiger partial charge in [-0.3, -0.25) is 9.98 Å². The molecule has 0 saturated carbocycles. The molecule has 7 nitrogen and oxygen atoms in total. The molecule has 0 fully saturated rings. The fraction of sp³-hybridized carbons (Fsp3) is 0.273. The van der Waals surface area contributed by atoms with Gasteiger partial charge in [0.05, 0.1) is 12.6 Å². The van der Waals surface area contributed by atoms with Gasteiger partial charge in [0.1, 0.15) is 17.9 Å². The first-order chi connectivity index (χ1) is 14.1. The first-order valence-corrected chi connectivity index (χ1v) is 9.51. The zero-order valence-electron chi connectivity index (χ0n) is 16.9. The summed E-state index contributed by atoms with van der Waals surface area (Å²) < 4.78 is 5.39. The highest BCUT2D eigenvalue weighted by molar-refractivity contribution is 6.10. The summed E-state index contributed by atoms with van der Waals surface area (Å²) >= 11 is 0. The fourth-order valence-electron chi connectivity index (χ4n) is 3.69. The van der Waals surface area contributed by atoms with Crippen LogP contribution in [-0.4, -0.2) is 41.9 Å². The van der Waals surface area contributed by atoms with Crippen LogP contribution in [0.4, 0.5) is 5.82 Å². The summed E-state index contributed by atoms with van der Waals surface area (Å²) in [4.78, 5) is 20.1.